The summed E-state index contributed by atoms with van der Waals surface area (Å²) in [5, 5.41) is 2.33. The molecule has 3 rings (SSSR count). The summed E-state index contributed by atoms with van der Waals surface area (Å²) >= 11 is 6.62. The van der Waals surface area contributed by atoms with Crippen molar-refractivity contribution in [2.24, 2.45) is 0 Å². The van der Waals surface area contributed by atoms with Gasteiger partial charge in [0.1, 0.15) is 5.75 Å². The number of hydrogen-bond acceptors (Lipinski definition) is 5. The number of hydrogen-bond donors (Lipinski definition) is 1. The molecule has 0 atom stereocenters. The van der Waals surface area contributed by atoms with Crippen LogP contribution < -0.4 is 10.1 Å². The van der Waals surface area contributed by atoms with Crippen molar-refractivity contribution in [2.45, 2.75) is 0 Å². The van der Waals surface area contributed by atoms with E-state index in [9.17, 15) is 14.4 Å². The highest BCUT2D eigenvalue weighted by atomic mass is 35.5. The van der Waals surface area contributed by atoms with E-state index in [4.69, 9.17) is 16.3 Å². The Morgan fingerprint density at radius 3 is 2.29 bits per heavy atom. The van der Waals surface area contributed by atoms with Gasteiger partial charge in [0.15, 0.2) is 0 Å². The molecule has 0 spiro atoms. The molecule has 0 saturated carbocycles. The molecule has 0 aliphatic carbocycles. The topological polar surface area (TPSA) is 72.5 Å². The summed E-state index contributed by atoms with van der Waals surface area (Å²) in [5.74, 6) is -0.533. The van der Waals surface area contributed by atoms with Gasteiger partial charge in [-0.15, -0.1) is 0 Å². The highest BCUT2D eigenvalue weighted by Crippen LogP contribution is 2.26. The molecule has 0 unspecified atom stereocenters. The van der Waals surface area contributed by atoms with E-state index in [2.05, 4.69) is 5.32 Å². The minimum Gasteiger partial charge on any atom is -0.423 e. The number of esters is 1. The zero-order chi connectivity index (χ0) is 17.1. The molecule has 2 aromatic carbocycles. The number of thioether (sulfide) groups is 1. The molecular weight excluding hydrogens is 350 g/mol. The van der Waals surface area contributed by atoms with Crippen molar-refractivity contribution in [3.63, 3.8) is 0 Å². The molecule has 120 valence electrons. The highest BCUT2D eigenvalue weighted by molar-refractivity contribution is 8.18. The van der Waals surface area contributed by atoms with Gasteiger partial charge in [-0.05, 0) is 59.8 Å². The normalized spacial score (nSPS) is 15.5. The first-order valence-electron chi connectivity index (χ1n) is 6.84. The second kappa shape index (κ2) is 6.90. The van der Waals surface area contributed by atoms with Crippen molar-refractivity contribution < 1.29 is 19.1 Å². The molecule has 0 radical (unpaired) electrons. The van der Waals surface area contributed by atoms with E-state index in [1.807, 2.05) is 0 Å². The maximum atomic E-state index is 12.0. The quantitative estimate of drug-likeness (QED) is 0.511. The number of carbonyl (C=O) groups is 3. The van der Waals surface area contributed by atoms with Crippen molar-refractivity contribution in [3.8, 4) is 5.75 Å². The molecule has 1 N–H and O–H groups in total. The summed E-state index contributed by atoms with van der Waals surface area (Å²) < 4.78 is 5.26. The lowest BCUT2D eigenvalue weighted by atomic mass is 10.2. The van der Waals surface area contributed by atoms with Crippen LogP contribution in [0.1, 0.15) is 15.9 Å². The molecule has 1 aliphatic rings. The van der Waals surface area contributed by atoms with Crippen LogP contribution in [0.25, 0.3) is 6.08 Å². The van der Waals surface area contributed by atoms with Gasteiger partial charge < -0.3 is 4.74 Å². The maximum absolute atomic E-state index is 12.0. The van der Waals surface area contributed by atoms with Gasteiger partial charge in [0.25, 0.3) is 11.1 Å². The van der Waals surface area contributed by atoms with Gasteiger partial charge in [-0.3, -0.25) is 14.9 Å². The van der Waals surface area contributed by atoms with E-state index < -0.39 is 11.9 Å². The lowest BCUT2D eigenvalue weighted by Gasteiger charge is -2.05. The van der Waals surface area contributed by atoms with E-state index in [1.54, 1.807) is 54.6 Å². The van der Waals surface area contributed by atoms with Crippen molar-refractivity contribution in [3.05, 3.63) is 69.6 Å². The van der Waals surface area contributed by atoms with Crippen LogP contribution in [0.4, 0.5) is 4.79 Å². The summed E-state index contributed by atoms with van der Waals surface area (Å²) in [7, 11) is 0. The molecule has 7 heteroatoms. The third kappa shape index (κ3) is 3.84. The van der Waals surface area contributed by atoms with Gasteiger partial charge in [0.05, 0.1) is 10.5 Å². The Morgan fingerprint density at radius 1 is 1.04 bits per heavy atom. The molecule has 1 fully saturated rings. The molecule has 2 aromatic rings. The second-order valence-electron chi connectivity index (χ2n) is 4.82. The van der Waals surface area contributed by atoms with Crippen LogP contribution in [0.15, 0.2) is 53.4 Å². The fourth-order valence-electron chi connectivity index (χ4n) is 1.96. The minimum absolute atomic E-state index is 0.325. The maximum Gasteiger partial charge on any atom is 0.343 e. The number of amides is 2. The number of imide groups is 1. The van der Waals surface area contributed by atoms with Crippen LogP contribution in [0.2, 0.25) is 5.02 Å². The fraction of sp³-hybridized carbons (Fsp3) is 0. The number of carbonyl (C=O) groups excluding carboxylic acids is 3. The fourth-order valence-corrected chi connectivity index (χ4v) is 2.76. The number of nitrogens with one attached hydrogen (secondary N) is 1. The smallest absolute Gasteiger partial charge is 0.343 e. The van der Waals surface area contributed by atoms with Gasteiger partial charge >= 0.3 is 5.97 Å². The average molecular weight is 360 g/mol. The van der Waals surface area contributed by atoms with E-state index in [0.29, 0.717) is 26.8 Å². The van der Waals surface area contributed by atoms with Crippen LogP contribution in [0, 0.1) is 0 Å². The first-order chi connectivity index (χ1) is 11.5. The van der Waals surface area contributed by atoms with Crippen LogP contribution >= 0.6 is 23.4 Å². The predicted molar refractivity (Wildman–Crippen MR) is 92.0 cm³/mol. The summed E-state index contributed by atoms with van der Waals surface area (Å²) in [6, 6.07) is 13.0. The van der Waals surface area contributed by atoms with Gasteiger partial charge in [0, 0.05) is 5.02 Å². The van der Waals surface area contributed by atoms with Crippen molar-refractivity contribution in [1.82, 2.24) is 5.32 Å². The van der Waals surface area contributed by atoms with Gasteiger partial charge in [-0.25, -0.2) is 4.79 Å². The number of ether oxygens (including phenoxy) is 1. The van der Waals surface area contributed by atoms with E-state index in [1.165, 1.54) is 0 Å². The monoisotopic (exact) mass is 359 g/mol. The Bertz CT molecular complexity index is 844. The standard InChI is InChI=1S/C17H10ClNO4S/c18-12-5-3-11(4-6-12)16(21)23-13-7-1-10(2-8-13)9-14-15(20)19-17(22)24-14/h1-9H,(H,19,20,22)/b14-9+. The zero-order valence-electron chi connectivity index (χ0n) is 12.1. The Balaban J connectivity index is 1.69. The molecule has 2 amide bonds. The van der Waals surface area contributed by atoms with Gasteiger partial charge in [-0.1, -0.05) is 23.7 Å². The SMILES string of the molecule is O=C1NC(=O)/C(=C\c2ccc(OC(=O)c3ccc(Cl)cc3)cc2)S1. The van der Waals surface area contributed by atoms with Crippen LogP contribution in [0.5, 0.6) is 5.75 Å². The minimum atomic E-state index is -0.492. The first kappa shape index (κ1) is 16.3. The first-order valence-corrected chi connectivity index (χ1v) is 8.03. The summed E-state index contributed by atoms with van der Waals surface area (Å²) in [5.41, 5.74) is 1.11. The molecule has 0 aromatic heterocycles. The highest BCUT2D eigenvalue weighted by Gasteiger charge is 2.24. The summed E-state index contributed by atoms with van der Waals surface area (Å²) in [6.07, 6.45) is 1.59. The van der Waals surface area contributed by atoms with E-state index in [-0.39, 0.29) is 5.24 Å². The molecule has 1 saturated heterocycles. The van der Waals surface area contributed by atoms with Crippen molar-refractivity contribution in [1.29, 1.82) is 0 Å². The van der Waals surface area contributed by atoms with Crippen molar-refractivity contribution in [2.75, 3.05) is 0 Å². The lowest BCUT2D eigenvalue weighted by molar-refractivity contribution is -0.115. The van der Waals surface area contributed by atoms with Gasteiger partial charge in [-0.2, -0.15) is 0 Å². The Labute approximate surface area is 146 Å². The van der Waals surface area contributed by atoms with E-state index >= 15 is 0 Å². The third-order valence-corrected chi connectivity index (χ3v) is 4.17. The molecular formula is C17H10ClNO4S. The zero-order valence-corrected chi connectivity index (χ0v) is 13.7. The molecule has 0 bridgehead atoms. The Hall–Kier alpha value is -2.57. The van der Waals surface area contributed by atoms with E-state index in [0.717, 1.165) is 11.8 Å². The molecule has 1 aliphatic heterocycles. The van der Waals surface area contributed by atoms with Crippen molar-refractivity contribution >= 4 is 46.6 Å². The number of benzene rings is 2. The number of halogens is 1. The second-order valence-corrected chi connectivity index (χ2v) is 6.27. The van der Waals surface area contributed by atoms with Gasteiger partial charge in [0.2, 0.25) is 0 Å². The predicted octanol–water partition coefficient (Wildman–Crippen LogP) is 3.88. The Morgan fingerprint density at radius 2 is 1.71 bits per heavy atom. The van der Waals surface area contributed by atoms with Crippen LogP contribution in [-0.4, -0.2) is 17.1 Å². The average Bonchev–Trinajstić information content (AvgIpc) is 2.87. The van der Waals surface area contributed by atoms with Crippen LogP contribution in [0.3, 0.4) is 0 Å². The Kier molecular flexibility index (Phi) is 4.69. The molecule has 24 heavy (non-hydrogen) atoms. The molecule has 1 heterocycles. The summed E-state index contributed by atoms with van der Waals surface area (Å²) in [4.78, 5) is 34.9. The third-order valence-electron chi connectivity index (χ3n) is 3.11. The molecule has 5 nitrogen and oxygen atoms in total. The number of rotatable bonds is 3. The van der Waals surface area contributed by atoms with Crippen LogP contribution in [-0.2, 0) is 4.79 Å². The summed E-state index contributed by atoms with van der Waals surface area (Å²) in [6.45, 7) is 0. The lowest BCUT2D eigenvalue weighted by Crippen LogP contribution is -2.17. The largest absolute Gasteiger partial charge is 0.423 e.